The molecule has 0 aromatic rings. The lowest BCUT2D eigenvalue weighted by Crippen LogP contribution is -2.64. The van der Waals surface area contributed by atoms with Gasteiger partial charge < -0.3 is 5.11 Å². The van der Waals surface area contributed by atoms with Crippen LogP contribution in [0, 0.1) is 50.2 Å². The molecule has 5 aliphatic carbocycles. The number of carbonyl (C=O) groups excluding carboxylic acids is 1. The van der Waals surface area contributed by atoms with Crippen LogP contribution in [0.1, 0.15) is 99.8 Å². The molecule has 0 bridgehead atoms. The molecule has 1 N–H and O–H groups in total. The van der Waals surface area contributed by atoms with Gasteiger partial charge in [-0.15, -0.1) is 0 Å². The van der Waals surface area contributed by atoms with Crippen LogP contribution in [0.3, 0.4) is 0 Å². The van der Waals surface area contributed by atoms with Crippen LogP contribution in [-0.4, -0.2) is 16.9 Å². The summed E-state index contributed by atoms with van der Waals surface area (Å²) >= 11 is 3.65. The highest BCUT2D eigenvalue weighted by atomic mass is 79.9. The molecular weight excluding hydrogens is 488 g/mol. The van der Waals surface area contributed by atoms with Gasteiger partial charge in [0, 0.05) is 5.41 Å². The maximum absolute atomic E-state index is 13.1. The maximum Gasteiger partial charge on any atom is 0.310 e. The first-order chi connectivity index (χ1) is 15.6. The number of Topliss-reactive ketones (excluding diaryl/α,β-unsaturated/α-hetero) is 1. The average Bonchev–Trinajstić information content (AvgIpc) is 2.72. The third kappa shape index (κ3) is 2.87. The summed E-state index contributed by atoms with van der Waals surface area (Å²) in [6, 6.07) is 0. The zero-order valence-electron chi connectivity index (χ0n) is 22.2. The van der Waals surface area contributed by atoms with Crippen molar-refractivity contribution in [1.29, 1.82) is 0 Å². The largest absolute Gasteiger partial charge is 0.481 e. The monoisotopic (exact) mass is 530 g/mol. The first-order valence-corrected chi connectivity index (χ1v) is 14.2. The number of hydrogen-bond donors (Lipinski definition) is 1. The topological polar surface area (TPSA) is 54.4 Å². The molecule has 0 saturated heterocycles. The van der Waals surface area contributed by atoms with Gasteiger partial charge in [0.2, 0.25) is 0 Å². The van der Waals surface area contributed by atoms with Gasteiger partial charge in [0.1, 0.15) is 0 Å². The summed E-state index contributed by atoms with van der Waals surface area (Å²) in [6.45, 7) is 16.3. The summed E-state index contributed by atoms with van der Waals surface area (Å²) in [6.07, 6.45) is 12.5. The number of halogens is 1. The van der Waals surface area contributed by atoms with Crippen molar-refractivity contribution in [3.63, 3.8) is 0 Å². The van der Waals surface area contributed by atoms with Gasteiger partial charge in [-0.2, -0.15) is 0 Å². The zero-order valence-corrected chi connectivity index (χ0v) is 23.8. The molecule has 7 atom stereocenters. The van der Waals surface area contributed by atoms with Crippen molar-refractivity contribution in [2.75, 3.05) is 0 Å². The van der Waals surface area contributed by atoms with E-state index in [1.54, 1.807) is 0 Å². The van der Waals surface area contributed by atoms with Crippen molar-refractivity contribution >= 4 is 27.7 Å². The summed E-state index contributed by atoms with van der Waals surface area (Å²) in [4.78, 5) is 25.9. The fraction of sp³-hybridized carbons (Fsp3) is 0.800. The lowest BCUT2D eigenvalue weighted by atomic mass is 9.34. The summed E-state index contributed by atoms with van der Waals surface area (Å²) in [5.74, 6) is 0.591. The molecule has 0 aliphatic heterocycles. The summed E-state index contributed by atoms with van der Waals surface area (Å²) in [7, 11) is 0. The Morgan fingerprint density at radius 1 is 0.971 bits per heavy atom. The molecule has 3 fully saturated rings. The van der Waals surface area contributed by atoms with Crippen LogP contribution in [0.25, 0.3) is 0 Å². The van der Waals surface area contributed by atoms with Crippen molar-refractivity contribution in [3.05, 3.63) is 22.2 Å². The Balaban J connectivity index is 1.64. The van der Waals surface area contributed by atoms with Crippen molar-refractivity contribution in [2.24, 2.45) is 50.2 Å². The first-order valence-electron chi connectivity index (χ1n) is 13.4. The second-order valence-electron chi connectivity index (χ2n) is 14.6. The van der Waals surface area contributed by atoms with Crippen molar-refractivity contribution in [2.45, 2.75) is 99.8 Å². The second-order valence-corrected chi connectivity index (χ2v) is 15.4. The van der Waals surface area contributed by atoms with E-state index in [0.29, 0.717) is 11.8 Å². The van der Waals surface area contributed by atoms with Gasteiger partial charge in [0.15, 0.2) is 5.78 Å². The number of fused-ring (bicyclic) bond motifs is 7. The number of carboxylic acids is 1. The van der Waals surface area contributed by atoms with Gasteiger partial charge in [-0.1, -0.05) is 66.2 Å². The SMILES string of the molecule is CC1(C)CC[C@]2(C(=O)O)CC[C@]3(C)C(=CC[C@@H]4[C@@]5(C)C=C(Br)C(=O)C(C)(C)[C@@H]5CC[C@]43C)[C@@H]2C1. The fourth-order valence-corrected chi connectivity index (χ4v) is 11.1. The fourth-order valence-electron chi connectivity index (χ4n) is 10.1. The van der Waals surface area contributed by atoms with Crippen molar-refractivity contribution in [1.82, 2.24) is 0 Å². The second kappa shape index (κ2) is 7.11. The van der Waals surface area contributed by atoms with Gasteiger partial charge in [0.05, 0.1) is 9.90 Å². The third-order valence-electron chi connectivity index (χ3n) is 12.3. The maximum atomic E-state index is 13.1. The summed E-state index contributed by atoms with van der Waals surface area (Å²) < 4.78 is 0.753. The molecule has 5 rings (SSSR count). The van der Waals surface area contributed by atoms with Crippen molar-refractivity contribution in [3.8, 4) is 0 Å². The molecule has 0 radical (unpaired) electrons. The van der Waals surface area contributed by atoms with Gasteiger partial charge in [-0.05, 0) is 107 Å². The minimum Gasteiger partial charge on any atom is -0.481 e. The molecular formula is C30H43BrO3. The Morgan fingerprint density at radius 2 is 1.62 bits per heavy atom. The minimum atomic E-state index is -0.590. The molecule has 0 aromatic carbocycles. The van der Waals surface area contributed by atoms with E-state index in [0.717, 1.165) is 55.8 Å². The van der Waals surface area contributed by atoms with Crippen LogP contribution in [0.15, 0.2) is 22.2 Å². The van der Waals surface area contributed by atoms with Crippen LogP contribution < -0.4 is 0 Å². The van der Waals surface area contributed by atoms with Crippen LogP contribution in [-0.2, 0) is 9.59 Å². The molecule has 3 saturated carbocycles. The van der Waals surface area contributed by atoms with Crippen LogP contribution in [0.4, 0.5) is 0 Å². The molecule has 188 valence electrons. The summed E-state index contributed by atoms with van der Waals surface area (Å²) in [5.41, 5.74) is 0.735. The van der Waals surface area contributed by atoms with E-state index >= 15 is 0 Å². The zero-order chi connectivity index (χ0) is 25.1. The Kier molecular flexibility index (Phi) is 5.18. The Hall–Kier alpha value is -0.900. The van der Waals surface area contributed by atoms with Gasteiger partial charge in [-0.3, -0.25) is 9.59 Å². The van der Waals surface area contributed by atoms with Gasteiger partial charge in [0.25, 0.3) is 0 Å². The molecule has 5 aliphatic rings. The number of allylic oxidation sites excluding steroid dienone is 4. The molecule has 0 heterocycles. The predicted octanol–water partition coefficient (Wildman–Crippen LogP) is 7.94. The van der Waals surface area contributed by atoms with E-state index in [-0.39, 0.29) is 38.8 Å². The van der Waals surface area contributed by atoms with E-state index in [2.05, 4.69) is 76.5 Å². The lowest BCUT2D eigenvalue weighted by Gasteiger charge is -2.69. The third-order valence-corrected chi connectivity index (χ3v) is 12.9. The average molecular weight is 532 g/mol. The molecule has 0 aromatic heterocycles. The van der Waals surface area contributed by atoms with E-state index in [1.807, 2.05) is 0 Å². The smallest absolute Gasteiger partial charge is 0.310 e. The van der Waals surface area contributed by atoms with Gasteiger partial charge >= 0.3 is 5.97 Å². The van der Waals surface area contributed by atoms with Gasteiger partial charge in [-0.25, -0.2) is 0 Å². The number of rotatable bonds is 1. The van der Waals surface area contributed by atoms with Crippen LogP contribution in [0.2, 0.25) is 0 Å². The number of carboxylic acid groups (broad SMARTS) is 1. The van der Waals surface area contributed by atoms with Crippen LogP contribution in [0.5, 0.6) is 0 Å². The quantitative estimate of drug-likeness (QED) is 0.350. The first kappa shape index (κ1) is 24.8. The number of carbonyl (C=O) groups is 2. The molecule has 4 heteroatoms. The van der Waals surface area contributed by atoms with Crippen LogP contribution >= 0.6 is 15.9 Å². The lowest BCUT2D eigenvalue weighted by molar-refractivity contribution is -0.174. The highest BCUT2D eigenvalue weighted by Gasteiger charge is 2.69. The molecule has 0 unspecified atom stereocenters. The highest BCUT2D eigenvalue weighted by molar-refractivity contribution is 9.12. The number of hydrogen-bond acceptors (Lipinski definition) is 2. The Morgan fingerprint density at radius 3 is 2.26 bits per heavy atom. The molecule has 0 spiro atoms. The van der Waals surface area contributed by atoms with E-state index < -0.39 is 11.4 Å². The molecule has 34 heavy (non-hydrogen) atoms. The minimum absolute atomic E-state index is 0.00679. The number of ketones is 1. The molecule has 3 nitrogen and oxygen atoms in total. The van der Waals surface area contributed by atoms with E-state index in [4.69, 9.17) is 0 Å². The highest BCUT2D eigenvalue weighted by Crippen LogP contribution is 2.75. The normalized spacial score (nSPS) is 48.9. The van der Waals surface area contributed by atoms with E-state index in [9.17, 15) is 14.7 Å². The Bertz CT molecular complexity index is 1020. The predicted molar refractivity (Wildman–Crippen MR) is 139 cm³/mol. The number of aliphatic carboxylic acids is 1. The summed E-state index contributed by atoms with van der Waals surface area (Å²) in [5, 5.41) is 10.5. The Labute approximate surface area is 214 Å². The van der Waals surface area contributed by atoms with E-state index in [1.165, 1.54) is 5.57 Å². The standard InChI is InChI=1S/C30H43BrO3/c1-25(2)12-14-30(24(33)34)15-13-28(6)18(19(30)16-25)8-9-22-27(5)17-20(31)23(32)26(3,4)21(27)10-11-29(22,28)7/h8,17,19,21-22H,9-16H2,1-7H3,(H,33,34)/t19-,21-,22+,27-,28+,29+,30-/m0/s1. The van der Waals surface area contributed by atoms with Crippen molar-refractivity contribution < 1.29 is 14.7 Å². The molecule has 0 amide bonds.